The maximum atomic E-state index is 5.74. The third kappa shape index (κ3) is 3.26. The number of pyridine rings is 1. The van der Waals surface area contributed by atoms with Crippen LogP contribution in [0.5, 0.6) is 0 Å². The Morgan fingerprint density at radius 3 is 2.25 bits per heavy atom. The highest BCUT2D eigenvalue weighted by Crippen LogP contribution is 2.22. The summed E-state index contributed by atoms with van der Waals surface area (Å²) in [4.78, 5) is 5.27. The molecule has 16 heavy (non-hydrogen) atoms. The summed E-state index contributed by atoms with van der Waals surface area (Å²) in [7, 11) is 0. The topological polar surface area (TPSA) is 12.9 Å². The lowest BCUT2D eigenvalue weighted by Crippen LogP contribution is -1.81. The second kappa shape index (κ2) is 5.92. The first-order chi connectivity index (χ1) is 7.88. The fraction of sp³-hybridized carbons (Fsp3) is 0.154. The van der Waals surface area contributed by atoms with E-state index in [1.54, 1.807) is 0 Å². The van der Waals surface area contributed by atoms with Gasteiger partial charge in [-0.2, -0.15) is 0 Å². The van der Waals surface area contributed by atoms with Crippen molar-refractivity contribution < 1.29 is 0 Å². The van der Waals surface area contributed by atoms with E-state index in [0.717, 1.165) is 11.3 Å². The quantitative estimate of drug-likeness (QED) is 0.597. The van der Waals surface area contributed by atoms with Crippen LogP contribution < -0.4 is 0 Å². The molecule has 0 fully saturated rings. The fourth-order valence-electron chi connectivity index (χ4n) is 1.32. The SMILES string of the molecule is ClCc1ccc(SCc2ccncc2)cc1. The van der Waals surface area contributed by atoms with E-state index in [9.17, 15) is 0 Å². The van der Waals surface area contributed by atoms with Crippen LogP contribution in [0.1, 0.15) is 11.1 Å². The third-order valence-electron chi connectivity index (χ3n) is 2.23. The van der Waals surface area contributed by atoms with E-state index in [2.05, 4.69) is 29.2 Å². The molecule has 0 amide bonds. The van der Waals surface area contributed by atoms with Gasteiger partial charge in [0.25, 0.3) is 0 Å². The zero-order valence-corrected chi connectivity index (χ0v) is 10.3. The van der Waals surface area contributed by atoms with Gasteiger partial charge < -0.3 is 0 Å². The van der Waals surface area contributed by atoms with Crippen LogP contribution in [0.15, 0.2) is 53.7 Å². The summed E-state index contributed by atoms with van der Waals surface area (Å²) in [6.45, 7) is 0. The first kappa shape index (κ1) is 11.5. The molecule has 2 rings (SSSR count). The van der Waals surface area contributed by atoms with Crippen molar-refractivity contribution in [3.63, 3.8) is 0 Å². The van der Waals surface area contributed by atoms with Gasteiger partial charge in [-0.25, -0.2) is 0 Å². The fourth-order valence-corrected chi connectivity index (χ4v) is 2.35. The maximum Gasteiger partial charge on any atom is 0.0474 e. The summed E-state index contributed by atoms with van der Waals surface area (Å²) < 4.78 is 0. The van der Waals surface area contributed by atoms with Gasteiger partial charge in [0.2, 0.25) is 0 Å². The van der Waals surface area contributed by atoms with Gasteiger partial charge in [0.15, 0.2) is 0 Å². The number of alkyl halides is 1. The minimum atomic E-state index is 0.579. The van der Waals surface area contributed by atoms with E-state index in [0.29, 0.717) is 5.88 Å². The summed E-state index contributed by atoms with van der Waals surface area (Å²) >= 11 is 7.56. The molecule has 0 aliphatic rings. The molecule has 1 aromatic carbocycles. The van der Waals surface area contributed by atoms with E-state index in [-0.39, 0.29) is 0 Å². The smallest absolute Gasteiger partial charge is 0.0474 e. The predicted octanol–water partition coefficient (Wildman–Crippen LogP) is 4.11. The lowest BCUT2D eigenvalue weighted by atomic mass is 10.2. The number of nitrogens with zero attached hydrogens (tertiary/aromatic N) is 1. The Morgan fingerprint density at radius 1 is 0.938 bits per heavy atom. The average molecular weight is 250 g/mol. The molecular formula is C13H12ClNS. The van der Waals surface area contributed by atoms with Gasteiger partial charge >= 0.3 is 0 Å². The number of hydrogen-bond donors (Lipinski definition) is 0. The van der Waals surface area contributed by atoms with Gasteiger partial charge in [0, 0.05) is 28.9 Å². The second-order valence-corrected chi connectivity index (χ2v) is 4.74. The van der Waals surface area contributed by atoms with Crippen molar-refractivity contribution in [2.24, 2.45) is 0 Å². The van der Waals surface area contributed by atoms with E-state index >= 15 is 0 Å². The molecule has 0 radical (unpaired) electrons. The molecule has 0 saturated heterocycles. The molecule has 0 aliphatic carbocycles. The van der Waals surface area contributed by atoms with Crippen molar-refractivity contribution in [1.29, 1.82) is 0 Å². The van der Waals surface area contributed by atoms with Crippen molar-refractivity contribution in [3.05, 3.63) is 59.9 Å². The molecule has 0 aliphatic heterocycles. The summed E-state index contributed by atoms with van der Waals surface area (Å²) in [5, 5.41) is 0. The van der Waals surface area contributed by atoms with Gasteiger partial charge in [0.1, 0.15) is 0 Å². The highest BCUT2D eigenvalue weighted by molar-refractivity contribution is 7.98. The summed E-state index contributed by atoms with van der Waals surface area (Å²) in [6.07, 6.45) is 3.65. The Kier molecular flexibility index (Phi) is 4.25. The number of hydrogen-bond acceptors (Lipinski definition) is 2. The van der Waals surface area contributed by atoms with Crippen LogP contribution in [0.25, 0.3) is 0 Å². The monoisotopic (exact) mass is 249 g/mol. The first-order valence-electron chi connectivity index (χ1n) is 5.05. The number of benzene rings is 1. The third-order valence-corrected chi connectivity index (χ3v) is 3.62. The lowest BCUT2D eigenvalue weighted by molar-refractivity contribution is 1.27. The molecule has 0 unspecified atom stereocenters. The van der Waals surface area contributed by atoms with Crippen molar-refractivity contribution in [2.45, 2.75) is 16.5 Å². The zero-order chi connectivity index (χ0) is 11.2. The number of rotatable bonds is 4. The zero-order valence-electron chi connectivity index (χ0n) is 8.77. The van der Waals surface area contributed by atoms with E-state index in [1.165, 1.54) is 10.5 Å². The van der Waals surface area contributed by atoms with Crippen LogP contribution in [0.4, 0.5) is 0 Å². The molecule has 82 valence electrons. The predicted molar refractivity (Wildman–Crippen MR) is 69.8 cm³/mol. The number of halogens is 1. The Hall–Kier alpha value is -0.990. The molecule has 0 bridgehead atoms. The molecule has 0 N–H and O–H groups in total. The maximum absolute atomic E-state index is 5.74. The molecule has 0 atom stereocenters. The molecule has 3 heteroatoms. The van der Waals surface area contributed by atoms with Crippen molar-refractivity contribution >= 4 is 23.4 Å². The molecule has 2 aromatic rings. The Morgan fingerprint density at radius 2 is 1.62 bits per heavy atom. The molecule has 1 aromatic heterocycles. The van der Waals surface area contributed by atoms with Crippen LogP contribution in [-0.2, 0) is 11.6 Å². The summed E-state index contributed by atoms with van der Waals surface area (Å²) in [6, 6.07) is 12.5. The minimum absolute atomic E-state index is 0.579. The van der Waals surface area contributed by atoms with Gasteiger partial charge in [-0.05, 0) is 35.4 Å². The van der Waals surface area contributed by atoms with Crippen LogP contribution in [0, 0.1) is 0 Å². The van der Waals surface area contributed by atoms with Crippen molar-refractivity contribution in [1.82, 2.24) is 4.98 Å². The van der Waals surface area contributed by atoms with Gasteiger partial charge in [-0.15, -0.1) is 23.4 Å². The lowest BCUT2D eigenvalue weighted by Gasteiger charge is -2.02. The molecule has 1 heterocycles. The Labute approximate surface area is 105 Å². The van der Waals surface area contributed by atoms with Gasteiger partial charge in [-0.1, -0.05) is 12.1 Å². The number of aromatic nitrogens is 1. The Bertz CT molecular complexity index is 427. The molecule has 0 saturated carbocycles. The molecular weight excluding hydrogens is 238 g/mol. The standard InChI is InChI=1S/C13H12ClNS/c14-9-11-1-3-13(4-2-11)16-10-12-5-7-15-8-6-12/h1-8H,9-10H2. The highest BCUT2D eigenvalue weighted by Gasteiger charge is 1.96. The van der Waals surface area contributed by atoms with Crippen LogP contribution in [0.2, 0.25) is 0 Å². The van der Waals surface area contributed by atoms with Crippen LogP contribution in [-0.4, -0.2) is 4.98 Å². The van der Waals surface area contributed by atoms with E-state index in [4.69, 9.17) is 11.6 Å². The van der Waals surface area contributed by atoms with Crippen LogP contribution in [0.3, 0.4) is 0 Å². The Balaban J connectivity index is 1.94. The highest BCUT2D eigenvalue weighted by atomic mass is 35.5. The van der Waals surface area contributed by atoms with E-state index in [1.807, 2.05) is 36.3 Å². The van der Waals surface area contributed by atoms with Crippen LogP contribution >= 0.6 is 23.4 Å². The largest absolute Gasteiger partial charge is 0.265 e. The van der Waals surface area contributed by atoms with Gasteiger partial charge in [-0.3, -0.25) is 4.98 Å². The van der Waals surface area contributed by atoms with E-state index < -0.39 is 0 Å². The summed E-state index contributed by atoms with van der Waals surface area (Å²) in [5.74, 6) is 1.55. The number of thioether (sulfide) groups is 1. The average Bonchev–Trinajstić information content (AvgIpc) is 2.38. The molecule has 0 spiro atoms. The van der Waals surface area contributed by atoms with Crippen molar-refractivity contribution in [3.8, 4) is 0 Å². The first-order valence-corrected chi connectivity index (χ1v) is 6.57. The van der Waals surface area contributed by atoms with Gasteiger partial charge in [0.05, 0.1) is 0 Å². The second-order valence-electron chi connectivity index (χ2n) is 3.42. The normalized spacial score (nSPS) is 10.3. The summed E-state index contributed by atoms with van der Waals surface area (Å²) in [5.41, 5.74) is 2.45. The van der Waals surface area contributed by atoms with Crippen molar-refractivity contribution in [2.75, 3.05) is 0 Å². The minimum Gasteiger partial charge on any atom is -0.265 e. The molecule has 1 nitrogen and oxygen atoms in total.